The molecule has 0 saturated heterocycles. The Morgan fingerprint density at radius 3 is 3.00 bits per heavy atom. The molecule has 0 saturated carbocycles. The second kappa shape index (κ2) is 4.66. The van der Waals surface area contributed by atoms with Gasteiger partial charge in [-0.3, -0.25) is 4.68 Å². The summed E-state index contributed by atoms with van der Waals surface area (Å²) < 4.78 is 1.76. The van der Waals surface area contributed by atoms with E-state index in [0.717, 1.165) is 16.9 Å². The van der Waals surface area contributed by atoms with Crippen LogP contribution in [0.2, 0.25) is 0 Å². The van der Waals surface area contributed by atoms with Crippen molar-refractivity contribution in [2.24, 2.45) is 7.05 Å². The van der Waals surface area contributed by atoms with E-state index in [2.05, 4.69) is 21.5 Å². The van der Waals surface area contributed by atoms with Gasteiger partial charge in [0.25, 0.3) is 0 Å². The predicted molar refractivity (Wildman–Crippen MR) is 64.2 cm³/mol. The molecule has 0 aliphatic carbocycles. The summed E-state index contributed by atoms with van der Waals surface area (Å²) >= 11 is 0. The lowest BCUT2D eigenvalue weighted by Gasteiger charge is -2.05. The molecule has 1 N–H and O–H groups in total. The van der Waals surface area contributed by atoms with Crippen LogP contribution in [0.1, 0.15) is 17.0 Å². The molecule has 0 aliphatic heterocycles. The first kappa shape index (κ1) is 11.1. The summed E-state index contributed by atoms with van der Waals surface area (Å²) in [5, 5.41) is 16.4. The van der Waals surface area contributed by atoms with Crippen LogP contribution in [0.3, 0.4) is 0 Å². The van der Waals surface area contributed by atoms with Crippen molar-refractivity contribution in [2.75, 3.05) is 5.32 Å². The van der Waals surface area contributed by atoms with Gasteiger partial charge in [0, 0.05) is 31.5 Å². The van der Waals surface area contributed by atoms with Crippen molar-refractivity contribution >= 4 is 5.69 Å². The maximum absolute atomic E-state index is 8.92. The summed E-state index contributed by atoms with van der Waals surface area (Å²) in [5.41, 5.74) is 3.26. The molecule has 17 heavy (non-hydrogen) atoms. The molecule has 2 aromatic rings. The first-order valence-corrected chi connectivity index (χ1v) is 5.29. The van der Waals surface area contributed by atoms with E-state index in [1.165, 1.54) is 0 Å². The van der Waals surface area contributed by atoms with Crippen molar-refractivity contribution < 1.29 is 0 Å². The Kier molecular flexibility index (Phi) is 3.06. The van der Waals surface area contributed by atoms with Crippen LogP contribution in [0.5, 0.6) is 0 Å². The molecule has 0 atom stereocenters. The molecule has 5 heteroatoms. The van der Waals surface area contributed by atoms with Crippen LogP contribution in [0.4, 0.5) is 5.69 Å². The van der Waals surface area contributed by atoms with Gasteiger partial charge in [-0.2, -0.15) is 10.4 Å². The van der Waals surface area contributed by atoms with E-state index in [9.17, 15) is 0 Å². The van der Waals surface area contributed by atoms with Crippen LogP contribution in [0.25, 0.3) is 0 Å². The second-order valence-corrected chi connectivity index (χ2v) is 3.78. The first-order valence-electron chi connectivity index (χ1n) is 5.29. The third-order valence-electron chi connectivity index (χ3n) is 2.48. The molecule has 0 fully saturated rings. The number of nitriles is 1. The number of nitrogens with zero attached hydrogens (tertiary/aromatic N) is 4. The van der Waals surface area contributed by atoms with Crippen molar-refractivity contribution in [3.8, 4) is 6.07 Å². The van der Waals surface area contributed by atoms with Gasteiger partial charge < -0.3 is 5.32 Å². The van der Waals surface area contributed by atoms with Crippen LogP contribution in [-0.4, -0.2) is 14.8 Å². The molecule has 86 valence electrons. The van der Waals surface area contributed by atoms with Crippen molar-refractivity contribution in [1.29, 1.82) is 5.26 Å². The Labute approximate surface area is 99.7 Å². The molecule has 0 radical (unpaired) electrons. The van der Waals surface area contributed by atoms with Crippen molar-refractivity contribution in [1.82, 2.24) is 14.8 Å². The van der Waals surface area contributed by atoms with E-state index >= 15 is 0 Å². The molecular weight excluding hydrogens is 214 g/mol. The largest absolute Gasteiger partial charge is 0.378 e. The van der Waals surface area contributed by atoms with E-state index in [1.54, 1.807) is 10.9 Å². The number of pyridine rings is 1. The summed E-state index contributed by atoms with van der Waals surface area (Å²) in [6.45, 7) is 2.51. The monoisotopic (exact) mass is 227 g/mol. The zero-order valence-electron chi connectivity index (χ0n) is 9.81. The normalized spacial score (nSPS) is 9.94. The fraction of sp³-hybridized carbons (Fsp3) is 0.250. The van der Waals surface area contributed by atoms with Gasteiger partial charge in [0.05, 0.1) is 11.4 Å². The van der Waals surface area contributed by atoms with Gasteiger partial charge in [0.2, 0.25) is 0 Å². The molecule has 0 aromatic carbocycles. The van der Waals surface area contributed by atoms with E-state index in [-0.39, 0.29) is 0 Å². The first-order chi connectivity index (χ1) is 8.20. The number of aryl methyl sites for hydroxylation is 2. The zero-order chi connectivity index (χ0) is 12.3. The fourth-order valence-corrected chi connectivity index (χ4v) is 1.65. The highest BCUT2D eigenvalue weighted by Crippen LogP contribution is 2.13. The molecule has 2 heterocycles. The van der Waals surface area contributed by atoms with Gasteiger partial charge in [-0.05, 0) is 13.0 Å². The van der Waals surface area contributed by atoms with Gasteiger partial charge >= 0.3 is 0 Å². The number of anilines is 1. The standard InChI is InChI=1S/C12H13N5/c1-9-12(8-17(2)16-9)15-7-10-4-3-5-14-11(10)6-13/h3-5,8,15H,7H2,1-2H3. The molecule has 2 aromatic heterocycles. The molecule has 0 unspecified atom stereocenters. The summed E-state index contributed by atoms with van der Waals surface area (Å²) in [5.74, 6) is 0. The van der Waals surface area contributed by atoms with Crippen LogP contribution in [-0.2, 0) is 13.6 Å². The topological polar surface area (TPSA) is 66.5 Å². The molecule has 0 bridgehead atoms. The quantitative estimate of drug-likeness (QED) is 0.865. The Bertz CT molecular complexity index is 565. The minimum atomic E-state index is 0.460. The lowest BCUT2D eigenvalue weighted by atomic mass is 10.2. The Hall–Kier alpha value is -2.35. The Morgan fingerprint density at radius 2 is 2.35 bits per heavy atom. The van der Waals surface area contributed by atoms with Gasteiger partial charge in [0.15, 0.2) is 0 Å². The van der Waals surface area contributed by atoms with E-state index in [0.29, 0.717) is 12.2 Å². The summed E-state index contributed by atoms with van der Waals surface area (Å²) in [7, 11) is 1.88. The number of rotatable bonds is 3. The zero-order valence-corrected chi connectivity index (χ0v) is 9.81. The predicted octanol–water partition coefficient (Wildman–Crippen LogP) is 1.61. The average molecular weight is 227 g/mol. The Morgan fingerprint density at radius 1 is 1.53 bits per heavy atom. The highest BCUT2D eigenvalue weighted by atomic mass is 15.3. The maximum Gasteiger partial charge on any atom is 0.145 e. The molecule has 0 aliphatic rings. The molecule has 5 nitrogen and oxygen atoms in total. The lowest BCUT2D eigenvalue weighted by molar-refractivity contribution is 0.756. The molecule has 0 spiro atoms. The number of nitrogens with one attached hydrogen (secondary N) is 1. The van der Waals surface area contributed by atoms with Crippen molar-refractivity contribution in [3.05, 3.63) is 41.5 Å². The van der Waals surface area contributed by atoms with Crippen LogP contribution >= 0.6 is 0 Å². The minimum Gasteiger partial charge on any atom is -0.378 e. The van der Waals surface area contributed by atoms with Crippen LogP contribution in [0.15, 0.2) is 24.5 Å². The number of hydrogen-bond acceptors (Lipinski definition) is 4. The molecule has 2 rings (SSSR count). The van der Waals surface area contributed by atoms with Gasteiger partial charge in [0.1, 0.15) is 11.8 Å². The number of hydrogen-bond donors (Lipinski definition) is 1. The van der Waals surface area contributed by atoms with Gasteiger partial charge in [-0.1, -0.05) is 6.07 Å². The average Bonchev–Trinajstić information content (AvgIpc) is 2.65. The van der Waals surface area contributed by atoms with Crippen LogP contribution < -0.4 is 5.32 Å². The summed E-state index contributed by atoms with van der Waals surface area (Å²) in [6.07, 6.45) is 3.54. The summed E-state index contributed by atoms with van der Waals surface area (Å²) in [6, 6.07) is 5.80. The van der Waals surface area contributed by atoms with E-state index in [1.807, 2.05) is 32.3 Å². The Balaban J connectivity index is 2.13. The van der Waals surface area contributed by atoms with Crippen molar-refractivity contribution in [3.63, 3.8) is 0 Å². The lowest BCUT2D eigenvalue weighted by Crippen LogP contribution is -2.03. The van der Waals surface area contributed by atoms with Crippen LogP contribution in [0, 0.1) is 18.3 Å². The second-order valence-electron chi connectivity index (χ2n) is 3.78. The highest BCUT2D eigenvalue weighted by molar-refractivity contribution is 5.46. The molecular formula is C12H13N5. The van der Waals surface area contributed by atoms with Gasteiger partial charge in [-0.25, -0.2) is 4.98 Å². The van der Waals surface area contributed by atoms with Gasteiger partial charge in [-0.15, -0.1) is 0 Å². The minimum absolute atomic E-state index is 0.460. The third-order valence-corrected chi connectivity index (χ3v) is 2.48. The summed E-state index contributed by atoms with van der Waals surface area (Å²) in [4.78, 5) is 4.02. The molecule has 0 amide bonds. The van der Waals surface area contributed by atoms with Crippen molar-refractivity contribution in [2.45, 2.75) is 13.5 Å². The number of aromatic nitrogens is 3. The van der Waals surface area contributed by atoms with E-state index in [4.69, 9.17) is 5.26 Å². The SMILES string of the molecule is Cc1nn(C)cc1NCc1cccnc1C#N. The fourth-order valence-electron chi connectivity index (χ4n) is 1.65. The maximum atomic E-state index is 8.92. The smallest absolute Gasteiger partial charge is 0.145 e. The third kappa shape index (κ3) is 2.42. The highest BCUT2D eigenvalue weighted by Gasteiger charge is 2.05. The van der Waals surface area contributed by atoms with E-state index < -0.39 is 0 Å².